The maximum absolute atomic E-state index is 12.7. The van der Waals surface area contributed by atoms with Crippen molar-refractivity contribution < 1.29 is 14.6 Å². The fourth-order valence-electron chi connectivity index (χ4n) is 4.28. The Hall–Kier alpha value is -2.37. The first-order valence-electron chi connectivity index (χ1n) is 11.8. The highest BCUT2D eigenvalue weighted by atomic mass is 16.6. The van der Waals surface area contributed by atoms with Crippen molar-refractivity contribution >= 4 is 6.09 Å². The third-order valence-electron chi connectivity index (χ3n) is 6.06. The minimum atomic E-state index is -0.342. The summed E-state index contributed by atoms with van der Waals surface area (Å²) in [5, 5.41) is 9.79. The molecule has 1 atom stereocenters. The number of benzene rings is 2. The average molecular weight is 441 g/mol. The number of amides is 1. The maximum Gasteiger partial charge on any atom is 0.415 e. The number of hydrogen-bond donors (Lipinski definition) is 1. The first kappa shape index (κ1) is 25.9. The van der Waals surface area contributed by atoms with Gasteiger partial charge in [-0.1, -0.05) is 36.4 Å². The minimum absolute atomic E-state index is 0.0437. The van der Waals surface area contributed by atoms with Crippen molar-refractivity contribution in [2.75, 3.05) is 19.6 Å². The lowest BCUT2D eigenvalue weighted by atomic mass is 9.86. The van der Waals surface area contributed by atoms with Crippen LogP contribution in [0.2, 0.25) is 0 Å². The van der Waals surface area contributed by atoms with Crippen LogP contribution in [0.25, 0.3) is 0 Å². The Kier molecular flexibility index (Phi) is 10.2. The lowest BCUT2D eigenvalue weighted by Gasteiger charge is -2.32. The Morgan fingerprint density at radius 2 is 1.59 bits per heavy atom. The Balaban J connectivity index is 2.48. The summed E-state index contributed by atoms with van der Waals surface area (Å²) in [7, 11) is 0. The van der Waals surface area contributed by atoms with Crippen LogP contribution in [0.5, 0.6) is 5.75 Å². The molecule has 2 aromatic rings. The van der Waals surface area contributed by atoms with Crippen LogP contribution in [0.1, 0.15) is 70.6 Å². The molecule has 5 heteroatoms. The molecule has 0 saturated carbocycles. The van der Waals surface area contributed by atoms with Gasteiger partial charge in [0.25, 0.3) is 0 Å². The number of carbonyl (C=O) groups excluding carboxylic acids is 1. The van der Waals surface area contributed by atoms with Crippen LogP contribution < -0.4 is 4.74 Å². The molecule has 0 fully saturated rings. The summed E-state index contributed by atoms with van der Waals surface area (Å²) in [6.45, 7) is 14.8. The molecular formula is C27H40N2O3. The number of aliphatic hydroxyl groups is 1. The first-order chi connectivity index (χ1) is 15.3. The van der Waals surface area contributed by atoms with Gasteiger partial charge in [0, 0.05) is 36.7 Å². The predicted molar refractivity (Wildman–Crippen MR) is 131 cm³/mol. The molecule has 2 aromatic carbocycles. The molecule has 0 aliphatic rings. The number of hydrogen-bond acceptors (Lipinski definition) is 4. The monoisotopic (exact) mass is 440 g/mol. The van der Waals surface area contributed by atoms with Gasteiger partial charge in [-0.25, -0.2) is 4.79 Å². The second-order valence-corrected chi connectivity index (χ2v) is 8.75. The van der Waals surface area contributed by atoms with Crippen molar-refractivity contribution in [2.24, 2.45) is 0 Å². The van der Waals surface area contributed by atoms with Gasteiger partial charge in [-0.15, -0.1) is 0 Å². The molecule has 0 aliphatic heterocycles. The summed E-state index contributed by atoms with van der Waals surface area (Å²) in [4.78, 5) is 16.9. The van der Waals surface area contributed by atoms with E-state index >= 15 is 0 Å². The van der Waals surface area contributed by atoms with E-state index in [9.17, 15) is 9.90 Å². The van der Waals surface area contributed by atoms with E-state index in [4.69, 9.17) is 4.74 Å². The van der Waals surface area contributed by atoms with Crippen molar-refractivity contribution in [1.29, 1.82) is 0 Å². The number of nitrogens with zero attached hydrogens (tertiary/aromatic N) is 2. The number of ether oxygens (including phenoxy) is 1. The topological polar surface area (TPSA) is 53.0 Å². The normalized spacial score (nSPS) is 12.4. The molecule has 0 heterocycles. The van der Waals surface area contributed by atoms with Gasteiger partial charge in [0.05, 0.1) is 6.61 Å². The Bertz CT molecular complexity index is 824. The summed E-state index contributed by atoms with van der Waals surface area (Å²) in [6, 6.07) is 16.9. The molecule has 0 saturated heterocycles. The highest BCUT2D eigenvalue weighted by Gasteiger charge is 2.24. The molecule has 0 aromatic heterocycles. The smallest absolute Gasteiger partial charge is 0.410 e. The van der Waals surface area contributed by atoms with Crippen LogP contribution in [0.3, 0.4) is 0 Å². The molecular weight excluding hydrogens is 400 g/mol. The standard InChI is InChI=1S/C27H40N2O3/c1-7-28(8-2)27(31)32-26-15-14-22(19-30)18-25(26)24(23-12-10-9-11-13-23)16-17-29(20(3)4)21(5)6/h9-15,18,20-21,24,30H,7-8,16-17,19H2,1-6H3. The Labute approximate surface area is 194 Å². The zero-order chi connectivity index (χ0) is 23.7. The molecule has 0 aliphatic carbocycles. The third-order valence-corrected chi connectivity index (χ3v) is 6.06. The van der Waals surface area contributed by atoms with Gasteiger partial charge in [0.15, 0.2) is 0 Å². The highest BCUT2D eigenvalue weighted by Crippen LogP contribution is 2.36. The van der Waals surface area contributed by atoms with Crippen LogP contribution in [0.15, 0.2) is 48.5 Å². The summed E-state index contributed by atoms with van der Waals surface area (Å²) in [5.74, 6) is 0.607. The molecule has 0 spiro atoms. The van der Waals surface area contributed by atoms with Crippen LogP contribution in [-0.2, 0) is 6.61 Å². The van der Waals surface area contributed by atoms with Crippen molar-refractivity contribution in [2.45, 2.75) is 72.6 Å². The van der Waals surface area contributed by atoms with Gasteiger partial charge in [-0.3, -0.25) is 4.90 Å². The minimum Gasteiger partial charge on any atom is -0.410 e. The van der Waals surface area contributed by atoms with E-state index in [-0.39, 0.29) is 18.6 Å². The molecule has 1 N–H and O–H groups in total. The largest absolute Gasteiger partial charge is 0.415 e. The average Bonchev–Trinajstić information content (AvgIpc) is 2.78. The van der Waals surface area contributed by atoms with Gasteiger partial charge in [0.1, 0.15) is 5.75 Å². The van der Waals surface area contributed by atoms with E-state index in [1.165, 1.54) is 5.56 Å². The number of rotatable bonds is 11. The number of aliphatic hydroxyl groups excluding tert-OH is 1. The van der Waals surface area contributed by atoms with E-state index in [1.54, 1.807) is 4.90 Å². The fourth-order valence-corrected chi connectivity index (χ4v) is 4.28. The molecule has 0 bridgehead atoms. The summed E-state index contributed by atoms with van der Waals surface area (Å²) >= 11 is 0. The maximum atomic E-state index is 12.7. The van der Waals surface area contributed by atoms with Crippen molar-refractivity contribution in [3.8, 4) is 5.75 Å². The fraction of sp³-hybridized carbons (Fsp3) is 0.519. The number of carbonyl (C=O) groups is 1. The van der Waals surface area contributed by atoms with E-state index < -0.39 is 0 Å². The summed E-state index contributed by atoms with van der Waals surface area (Å²) in [6.07, 6.45) is 0.538. The zero-order valence-electron chi connectivity index (χ0n) is 20.5. The molecule has 2 rings (SSSR count). The molecule has 5 nitrogen and oxygen atoms in total. The van der Waals surface area contributed by atoms with Gasteiger partial charge in [0.2, 0.25) is 0 Å². The van der Waals surface area contributed by atoms with Crippen LogP contribution >= 0.6 is 0 Å². The summed E-state index contributed by atoms with van der Waals surface area (Å²) < 4.78 is 5.88. The predicted octanol–water partition coefficient (Wildman–Crippen LogP) is 5.66. The van der Waals surface area contributed by atoms with E-state index in [0.717, 1.165) is 24.1 Å². The lowest BCUT2D eigenvalue weighted by Crippen LogP contribution is -2.38. The van der Waals surface area contributed by atoms with Crippen LogP contribution in [-0.4, -0.2) is 52.7 Å². The van der Waals surface area contributed by atoms with Gasteiger partial charge >= 0.3 is 6.09 Å². The molecule has 1 amide bonds. The quantitative estimate of drug-likeness (QED) is 0.490. The van der Waals surface area contributed by atoms with Crippen LogP contribution in [0.4, 0.5) is 4.79 Å². The molecule has 0 radical (unpaired) electrons. The summed E-state index contributed by atoms with van der Waals surface area (Å²) in [5.41, 5.74) is 2.93. The van der Waals surface area contributed by atoms with Crippen LogP contribution in [0, 0.1) is 0 Å². The first-order valence-corrected chi connectivity index (χ1v) is 11.8. The second-order valence-electron chi connectivity index (χ2n) is 8.75. The lowest BCUT2D eigenvalue weighted by molar-refractivity contribution is 0.156. The van der Waals surface area contributed by atoms with E-state index in [0.29, 0.717) is 30.9 Å². The van der Waals surface area contributed by atoms with Crippen molar-refractivity contribution in [3.63, 3.8) is 0 Å². The van der Waals surface area contributed by atoms with Gasteiger partial charge < -0.3 is 14.7 Å². The van der Waals surface area contributed by atoms with E-state index in [2.05, 4.69) is 44.7 Å². The molecule has 176 valence electrons. The van der Waals surface area contributed by atoms with Crippen molar-refractivity contribution in [1.82, 2.24) is 9.80 Å². The second kappa shape index (κ2) is 12.6. The zero-order valence-corrected chi connectivity index (χ0v) is 20.5. The highest BCUT2D eigenvalue weighted by molar-refractivity contribution is 5.71. The molecule has 1 unspecified atom stereocenters. The Morgan fingerprint density at radius 1 is 0.969 bits per heavy atom. The third kappa shape index (κ3) is 6.81. The Morgan fingerprint density at radius 3 is 2.12 bits per heavy atom. The van der Waals surface area contributed by atoms with Crippen molar-refractivity contribution in [3.05, 3.63) is 65.2 Å². The van der Waals surface area contributed by atoms with E-state index in [1.807, 2.05) is 50.2 Å². The SMILES string of the molecule is CCN(CC)C(=O)Oc1ccc(CO)cc1C(CCN(C(C)C)C(C)C)c1ccccc1. The van der Waals surface area contributed by atoms with Gasteiger partial charge in [-0.2, -0.15) is 0 Å². The molecule has 32 heavy (non-hydrogen) atoms. The van der Waals surface area contributed by atoms with Gasteiger partial charge in [-0.05, 0) is 77.8 Å².